The molecule has 0 aliphatic heterocycles. The van der Waals surface area contributed by atoms with E-state index in [1.54, 1.807) is 12.1 Å². The lowest BCUT2D eigenvalue weighted by Crippen LogP contribution is -2.43. The molecule has 0 fully saturated rings. The molecule has 0 bridgehead atoms. The van der Waals surface area contributed by atoms with E-state index in [1.807, 2.05) is 18.2 Å². The van der Waals surface area contributed by atoms with E-state index in [9.17, 15) is 24.0 Å². The number of hydrogen-bond donors (Lipinski definition) is 2. The van der Waals surface area contributed by atoms with Crippen molar-refractivity contribution in [2.24, 2.45) is 5.73 Å². The molecule has 12 nitrogen and oxygen atoms in total. The van der Waals surface area contributed by atoms with Crippen molar-refractivity contribution in [3.05, 3.63) is 35.9 Å². The molecule has 2 atom stereocenters. The van der Waals surface area contributed by atoms with Gasteiger partial charge in [0.2, 0.25) is 0 Å². The second kappa shape index (κ2) is 19.9. The summed E-state index contributed by atoms with van der Waals surface area (Å²) in [6, 6.07) is 7.17. The van der Waals surface area contributed by atoms with E-state index < -0.39 is 30.1 Å². The highest BCUT2D eigenvalue weighted by Gasteiger charge is 2.24. The predicted molar refractivity (Wildman–Crippen MR) is 130 cm³/mol. The largest absolute Gasteiger partial charge is 0.462 e. The predicted octanol–water partition coefficient (Wildman–Crippen LogP) is 1.18. The van der Waals surface area contributed by atoms with E-state index in [2.05, 4.69) is 10.1 Å². The first kappa shape index (κ1) is 32.7. The quantitative estimate of drug-likeness (QED) is 0.196. The summed E-state index contributed by atoms with van der Waals surface area (Å²) >= 11 is 0. The highest BCUT2D eigenvalue weighted by atomic mass is 16.6. The van der Waals surface area contributed by atoms with Crippen LogP contribution in [0.3, 0.4) is 0 Å². The summed E-state index contributed by atoms with van der Waals surface area (Å²) < 4.78 is 24.1. The number of ketones is 2. The molecule has 0 radical (unpaired) electrons. The second-order valence-corrected chi connectivity index (χ2v) is 7.50. The molecule has 0 saturated carbocycles. The zero-order chi connectivity index (χ0) is 27.3. The van der Waals surface area contributed by atoms with Gasteiger partial charge in [-0.2, -0.15) is 0 Å². The lowest BCUT2D eigenvalue weighted by molar-refractivity contribution is -0.148. The SMILES string of the molecule is COCCOC(=O)C(CC(C)=O)NC(=O)OCc1ccccc1.COCCOC(=O)C(N)CC(C)=O.[HH]. The van der Waals surface area contributed by atoms with Crippen molar-refractivity contribution in [2.75, 3.05) is 40.6 Å². The van der Waals surface area contributed by atoms with Gasteiger partial charge in [0.25, 0.3) is 0 Å². The summed E-state index contributed by atoms with van der Waals surface area (Å²) in [7, 11) is 2.98. The first-order valence-corrected chi connectivity index (χ1v) is 11.1. The molecule has 0 heterocycles. The van der Waals surface area contributed by atoms with E-state index >= 15 is 0 Å². The maximum Gasteiger partial charge on any atom is 0.408 e. The first-order chi connectivity index (χ1) is 17.1. The number of hydrogen-bond acceptors (Lipinski definition) is 11. The number of ether oxygens (including phenoxy) is 5. The van der Waals surface area contributed by atoms with Crippen LogP contribution >= 0.6 is 0 Å². The number of methoxy groups -OCH3 is 2. The monoisotopic (exact) mass is 514 g/mol. The Hall–Kier alpha value is -3.35. The van der Waals surface area contributed by atoms with Crippen molar-refractivity contribution < 1.29 is 49.1 Å². The van der Waals surface area contributed by atoms with Crippen molar-refractivity contribution in [2.45, 2.75) is 45.4 Å². The fraction of sp³-hybridized carbons (Fsp3) is 0.542. The van der Waals surface area contributed by atoms with E-state index in [4.69, 9.17) is 24.7 Å². The number of amides is 1. The topological polar surface area (TPSA) is 170 Å². The Bertz CT molecular complexity index is 823. The molecule has 0 spiro atoms. The molecule has 1 aromatic carbocycles. The van der Waals surface area contributed by atoms with Gasteiger partial charge >= 0.3 is 18.0 Å². The van der Waals surface area contributed by atoms with E-state index in [-0.39, 0.29) is 52.3 Å². The number of Topliss-reactive ketones (excluding diaryl/α,β-unsaturated/α-hetero) is 2. The lowest BCUT2D eigenvalue weighted by atomic mass is 10.1. The third-order valence-electron chi connectivity index (χ3n) is 4.15. The van der Waals surface area contributed by atoms with Crippen molar-refractivity contribution in [3.63, 3.8) is 0 Å². The molecule has 12 heteroatoms. The zero-order valence-electron chi connectivity index (χ0n) is 21.2. The van der Waals surface area contributed by atoms with Gasteiger partial charge in [-0.25, -0.2) is 9.59 Å². The summed E-state index contributed by atoms with van der Waals surface area (Å²) in [5, 5.41) is 2.35. The van der Waals surface area contributed by atoms with Gasteiger partial charge < -0.3 is 34.7 Å². The Balaban J connectivity index is 0. The smallest absolute Gasteiger partial charge is 0.408 e. The molecular weight excluding hydrogens is 476 g/mol. The number of carbonyl (C=O) groups is 5. The number of benzene rings is 1. The molecule has 0 saturated heterocycles. The fourth-order valence-corrected chi connectivity index (χ4v) is 2.44. The summed E-state index contributed by atoms with van der Waals surface area (Å²) in [5.74, 6) is -1.64. The average Bonchev–Trinajstić information content (AvgIpc) is 2.83. The lowest BCUT2D eigenvalue weighted by Gasteiger charge is -2.16. The van der Waals surface area contributed by atoms with Crippen LogP contribution in [0.15, 0.2) is 30.3 Å². The highest BCUT2D eigenvalue weighted by Crippen LogP contribution is 2.03. The Kier molecular flexibility index (Phi) is 18.1. The summed E-state index contributed by atoms with van der Waals surface area (Å²) in [5.41, 5.74) is 6.18. The standard InChI is InChI=1S/C16H21NO6.C8H15NO4.H2/c1-12(18)10-14(15(19)22-9-8-21-2)17-16(20)23-11-13-6-4-3-5-7-13;1-6(10)5-7(9)8(11)13-4-3-12-2;/h3-7,14H,8-11H2,1-2H3,(H,17,20);7H,3-5,9H2,1-2H3;1H. The van der Waals surface area contributed by atoms with Gasteiger partial charge in [-0.1, -0.05) is 30.3 Å². The maximum absolute atomic E-state index is 11.9. The number of nitrogens with two attached hydrogens (primary N) is 1. The molecule has 1 aromatic rings. The third-order valence-corrected chi connectivity index (χ3v) is 4.15. The number of esters is 2. The van der Waals surface area contributed by atoms with Crippen LogP contribution in [0.25, 0.3) is 0 Å². The Morgan fingerprint density at radius 2 is 1.33 bits per heavy atom. The minimum absolute atomic E-state index is 0. The molecule has 0 aliphatic rings. The molecule has 204 valence electrons. The van der Waals surface area contributed by atoms with Crippen molar-refractivity contribution in [1.29, 1.82) is 0 Å². The molecule has 3 N–H and O–H groups in total. The van der Waals surface area contributed by atoms with Gasteiger partial charge in [0.05, 0.1) is 13.2 Å². The molecule has 0 aromatic heterocycles. The van der Waals surface area contributed by atoms with Gasteiger partial charge in [0.15, 0.2) is 0 Å². The Morgan fingerprint density at radius 3 is 1.83 bits per heavy atom. The summed E-state index contributed by atoms with van der Waals surface area (Å²) in [6.45, 7) is 3.55. The molecular formula is C24H38N2O10. The fourth-order valence-electron chi connectivity index (χ4n) is 2.44. The Morgan fingerprint density at radius 1 is 0.806 bits per heavy atom. The second-order valence-electron chi connectivity index (χ2n) is 7.50. The normalized spacial score (nSPS) is 11.7. The van der Waals surface area contributed by atoms with E-state index in [1.165, 1.54) is 28.1 Å². The maximum atomic E-state index is 11.9. The van der Waals surface area contributed by atoms with Crippen LogP contribution in [0.4, 0.5) is 4.79 Å². The summed E-state index contributed by atoms with van der Waals surface area (Å²) in [4.78, 5) is 56.4. The number of carbonyl (C=O) groups excluding carboxylic acids is 5. The zero-order valence-corrected chi connectivity index (χ0v) is 21.2. The van der Waals surface area contributed by atoms with Crippen LogP contribution in [0, 0.1) is 0 Å². The van der Waals surface area contributed by atoms with Crippen molar-refractivity contribution in [1.82, 2.24) is 5.32 Å². The molecule has 2 unspecified atom stereocenters. The van der Waals surface area contributed by atoms with Crippen LogP contribution in [-0.4, -0.2) is 82.3 Å². The van der Waals surface area contributed by atoms with Crippen LogP contribution < -0.4 is 11.1 Å². The van der Waals surface area contributed by atoms with Crippen LogP contribution in [0.1, 0.15) is 33.7 Å². The number of alkyl carbamates (subject to hydrolysis) is 1. The molecule has 36 heavy (non-hydrogen) atoms. The van der Waals surface area contributed by atoms with Gasteiger partial charge in [-0.3, -0.25) is 14.4 Å². The minimum Gasteiger partial charge on any atom is -0.462 e. The number of rotatable bonds is 15. The molecule has 1 amide bonds. The summed E-state index contributed by atoms with van der Waals surface area (Å²) in [6.07, 6.45) is -0.929. The van der Waals surface area contributed by atoms with E-state index in [0.717, 1.165) is 5.56 Å². The number of nitrogens with one attached hydrogen (secondary N) is 1. The minimum atomic E-state index is -1.08. The van der Waals surface area contributed by atoms with Gasteiger partial charge in [0, 0.05) is 28.5 Å². The van der Waals surface area contributed by atoms with Gasteiger partial charge in [-0.15, -0.1) is 0 Å². The Labute approximate surface area is 212 Å². The molecule has 0 aliphatic carbocycles. The highest BCUT2D eigenvalue weighted by molar-refractivity contribution is 5.88. The molecule has 1 rings (SSSR count). The van der Waals surface area contributed by atoms with Gasteiger partial charge in [-0.05, 0) is 19.4 Å². The van der Waals surface area contributed by atoms with Crippen LogP contribution in [0.5, 0.6) is 0 Å². The first-order valence-electron chi connectivity index (χ1n) is 11.1. The van der Waals surface area contributed by atoms with Crippen LogP contribution in [0.2, 0.25) is 0 Å². The van der Waals surface area contributed by atoms with Crippen molar-refractivity contribution >= 4 is 29.6 Å². The van der Waals surface area contributed by atoms with Gasteiger partial charge in [0.1, 0.15) is 43.5 Å². The van der Waals surface area contributed by atoms with Crippen LogP contribution in [-0.2, 0) is 49.5 Å². The van der Waals surface area contributed by atoms with E-state index in [0.29, 0.717) is 6.61 Å². The average molecular weight is 515 g/mol. The van der Waals surface area contributed by atoms with Crippen molar-refractivity contribution in [3.8, 4) is 0 Å². The third kappa shape index (κ3) is 17.1.